The van der Waals surface area contributed by atoms with Crippen LogP contribution in [0, 0.1) is 5.92 Å². The molecule has 192 valence electrons. The van der Waals surface area contributed by atoms with E-state index in [4.69, 9.17) is 4.74 Å². The fourth-order valence-corrected chi connectivity index (χ4v) is 4.25. The van der Waals surface area contributed by atoms with Gasteiger partial charge in [-0.15, -0.1) is 0 Å². The first-order valence-electron chi connectivity index (χ1n) is 11.6. The van der Waals surface area contributed by atoms with E-state index in [1.54, 1.807) is 24.3 Å². The number of halogens is 3. The monoisotopic (exact) mass is 504 g/mol. The number of benzene rings is 2. The highest BCUT2D eigenvalue weighted by molar-refractivity contribution is 5.93. The third kappa shape index (κ3) is 5.96. The molecule has 11 heteroatoms. The van der Waals surface area contributed by atoms with Crippen molar-refractivity contribution in [2.24, 2.45) is 5.92 Å². The van der Waals surface area contributed by atoms with E-state index in [1.807, 2.05) is 0 Å². The largest absolute Gasteiger partial charge is 0.418 e. The Kier molecular flexibility index (Phi) is 7.48. The van der Waals surface area contributed by atoms with Gasteiger partial charge >= 0.3 is 6.18 Å². The molecule has 2 aliphatic heterocycles. The molecule has 0 bridgehead atoms. The summed E-state index contributed by atoms with van der Waals surface area (Å²) in [4.78, 5) is 37.2. The number of hydrogen-bond acceptors (Lipinski definition) is 5. The zero-order chi connectivity index (χ0) is 25.8. The van der Waals surface area contributed by atoms with Crippen molar-refractivity contribution < 1.29 is 32.3 Å². The van der Waals surface area contributed by atoms with Crippen LogP contribution in [0.5, 0.6) is 0 Å². The lowest BCUT2D eigenvalue weighted by Crippen LogP contribution is -2.61. The molecule has 0 aliphatic carbocycles. The molecular weight excluding hydrogens is 477 g/mol. The Bertz CT molecular complexity index is 1110. The molecule has 2 aromatic rings. The van der Waals surface area contributed by atoms with Gasteiger partial charge in [-0.25, -0.2) is 0 Å². The molecule has 3 amide bonds. The number of carbonyl (C=O) groups is 3. The molecule has 0 radical (unpaired) electrons. The molecule has 2 fully saturated rings. The van der Waals surface area contributed by atoms with E-state index in [2.05, 4.69) is 21.3 Å². The number of nitrogens with one attached hydrogen (secondary N) is 4. The Morgan fingerprint density at radius 3 is 2.50 bits per heavy atom. The zero-order valence-electron chi connectivity index (χ0n) is 19.4. The minimum absolute atomic E-state index is 0.0468. The van der Waals surface area contributed by atoms with Crippen molar-refractivity contribution in [3.05, 3.63) is 59.7 Å². The normalized spacial score (nSPS) is 22.0. The van der Waals surface area contributed by atoms with Crippen LogP contribution in [0.3, 0.4) is 0 Å². The summed E-state index contributed by atoms with van der Waals surface area (Å²) < 4.78 is 45.1. The van der Waals surface area contributed by atoms with Gasteiger partial charge < -0.3 is 26.0 Å². The molecular formula is C25H27F3N4O4. The predicted molar refractivity (Wildman–Crippen MR) is 125 cm³/mol. The van der Waals surface area contributed by atoms with E-state index < -0.39 is 23.2 Å². The van der Waals surface area contributed by atoms with Crippen LogP contribution in [0.4, 0.5) is 24.5 Å². The Hall–Kier alpha value is -3.60. The Morgan fingerprint density at radius 1 is 1.11 bits per heavy atom. The molecule has 4 N–H and O–H groups in total. The van der Waals surface area contributed by atoms with Gasteiger partial charge in [0.25, 0.3) is 0 Å². The van der Waals surface area contributed by atoms with Crippen molar-refractivity contribution in [1.82, 2.24) is 16.0 Å². The minimum Gasteiger partial charge on any atom is -0.378 e. The van der Waals surface area contributed by atoms with Crippen molar-refractivity contribution in [2.45, 2.75) is 37.5 Å². The highest BCUT2D eigenvalue weighted by atomic mass is 19.4. The highest BCUT2D eigenvalue weighted by Crippen LogP contribution is 2.35. The van der Waals surface area contributed by atoms with Gasteiger partial charge in [0.15, 0.2) is 0 Å². The van der Waals surface area contributed by atoms with Gasteiger partial charge in [-0.3, -0.25) is 14.4 Å². The summed E-state index contributed by atoms with van der Waals surface area (Å²) in [6, 6.07) is 11.9. The fraction of sp³-hybridized carbons (Fsp3) is 0.400. The minimum atomic E-state index is -4.48. The number of ether oxygens (including phenoxy) is 1. The molecule has 0 saturated carbocycles. The smallest absolute Gasteiger partial charge is 0.378 e. The Balaban J connectivity index is 1.35. The summed E-state index contributed by atoms with van der Waals surface area (Å²) in [7, 11) is 0. The van der Waals surface area contributed by atoms with Crippen molar-refractivity contribution in [3.8, 4) is 0 Å². The van der Waals surface area contributed by atoms with Gasteiger partial charge in [-0.05, 0) is 36.2 Å². The first-order valence-corrected chi connectivity index (χ1v) is 11.6. The summed E-state index contributed by atoms with van der Waals surface area (Å²) in [6.07, 6.45) is -3.47. The van der Waals surface area contributed by atoms with Crippen molar-refractivity contribution >= 4 is 29.1 Å². The molecule has 2 atom stereocenters. The number of anilines is 2. The molecule has 2 saturated heterocycles. The molecule has 2 aliphatic rings. The number of hydrogen-bond donors (Lipinski definition) is 4. The Labute approximate surface area is 206 Å². The van der Waals surface area contributed by atoms with Crippen LogP contribution in [0.2, 0.25) is 0 Å². The number of carbonyl (C=O) groups excluding carboxylic acids is 3. The van der Waals surface area contributed by atoms with Crippen molar-refractivity contribution in [1.29, 1.82) is 0 Å². The van der Waals surface area contributed by atoms with Crippen molar-refractivity contribution in [2.75, 3.05) is 25.1 Å². The Morgan fingerprint density at radius 2 is 1.86 bits per heavy atom. The fourth-order valence-electron chi connectivity index (χ4n) is 4.25. The third-order valence-corrected chi connectivity index (χ3v) is 6.37. The molecule has 2 aromatic carbocycles. The lowest BCUT2D eigenvalue weighted by molar-refractivity contribution is -0.137. The molecule has 8 nitrogen and oxygen atoms in total. The molecule has 2 unspecified atom stereocenters. The van der Waals surface area contributed by atoms with Crippen LogP contribution in [-0.4, -0.2) is 43.0 Å². The second-order valence-electron chi connectivity index (χ2n) is 8.96. The summed E-state index contributed by atoms with van der Waals surface area (Å²) in [6.45, 7) is 0.770. The lowest BCUT2D eigenvalue weighted by atomic mass is 9.93. The quantitative estimate of drug-likeness (QED) is 0.464. The number of para-hydroxylation sites is 1. The van der Waals surface area contributed by atoms with Crippen LogP contribution in [0.15, 0.2) is 48.5 Å². The van der Waals surface area contributed by atoms with E-state index in [-0.39, 0.29) is 49.5 Å². The van der Waals surface area contributed by atoms with Gasteiger partial charge in [0.1, 0.15) is 5.54 Å². The van der Waals surface area contributed by atoms with Gasteiger partial charge in [0.05, 0.1) is 23.8 Å². The van der Waals surface area contributed by atoms with E-state index in [9.17, 15) is 27.6 Å². The SMILES string of the molecule is O=C1CCC(C(=O)NC2(C(=O)NCc3ccc(Nc4ccccc4C(F)(F)F)cc3)CCOC2)CN1. The van der Waals surface area contributed by atoms with E-state index in [0.29, 0.717) is 25.1 Å². The van der Waals surface area contributed by atoms with E-state index in [0.717, 1.165) is 11.6 Å². The number of alkyl halides is 3. The standard InChI is InChI=1S/C25H27F3N4O4/c26-25(27,28)19-3-1-2-4-20(19)31-18-8-5-16(6-9-18)13-30-23(35)24(11-12-36-15-24)32-22(34)17-7-10-21(33)29-14-17/h1-6,8-9,17,31H,7,10-15H2,(H,29,33)(H,30,35)(H,32,34). The highest BCUT2D eigenvalue weighted by Gasteiger charge is 2.44. The predicted octanol–water partition coefficient (Wildman–Crippen LogP) is 2.87. The maximum absolute atomic E-state index is 13.2. The molecule has 36 heavy (non-hydrogen) atoms. The summed E-state index contributed by atoms with van der Waals surface area (Å²) >= 11 is 0. The molecule has 4 rings (SSSR count). The maximum Gasteiger partial charge on any atom is 0.418 e. The molecule has 0 aromatic heterocycles. The first-order chi connectivity index (χ1) is 17.2. The average Bonchev–Trinajstić information content (AvgIpc) is 3.33. The summed E-state index contributed by atoms with van der Waals surface area (Å²) in [5.74, 6) is -1.18. The van der Waals surface area contributed by atoms with Gasteiger partial charge in [0.2, 0.25) is 17.7 Å². The van der Waals surface area contributed by atoms with Crippen molar-refractivity contribution in [3.63, 3.8) is 0 Å². The molecule has 0 spiro atoms. The maximum atomic E-state index is 13.2. The van der Waals surface area contributed by atoms with Gasteiger partial charge in [0, 0.05) is 38.2 Å². The topological polar surface area (TPSA) is 109 Å². The first kappa shape index (κ1) is 25.5. The molecule has 2 heterocycles. The van der Waals surface area contributed by atoms with E-state index in [1.165, 1.54) is 18.2 Å². The summed E-state index contributed by atoms with van der Waals surface area (Å²) in [5, 5.41) is 11.1. The average molecular weight is 505 g/mol. The zero-order valence-corrected chi connectivity index (χ0v) is 19.4. The van der Waals surface area contributed by atoms with Gasteiger partial charge in [-0.1, -0.05) is 24.3 Å². The van der Waals surface area contributed by atoms with Crippen LogP contribution >= 0.6 is 0 Å². The second kappa shape index (κ2) is 10.6. The number of rotatable bonds is 7. The third-order valence-electron chi connectivity index (χ3n) is 6.37. The van der Waals surface area contributed by atoms with Crippen LogP contribution in [0.1, 0.15) is 30.4 Å². The lowest BCUT2D eigenvalue weighted by Gasteiger charge is -2.30. The van der Waals surface area contributed by atoms with Crippen LogP contribution in [0.25, 0.3) is 0 Å². The van der Waals surface area contributed by atoms with Crippen LogP contribution in [-0.2, 0) is 31.8 Å². The summed E-state index contributed by atoms with van der Waals surface area (Å²) in [5.41, 5.74) is -0.810. The van der Waals surface area contributed by atoms with Crippen LogP contribution < -0.4 is 21.3 Å². The van der Waals surface area contributed by atoms with Gasteiger partial charge in [-0.2, -0.15) is 13.2 Å². The number of amides is 3. The number of piperidine rings is 1. The van der Waals surface area contributed by atoms with E-state index >= 15 is 0 Å². The second-order valence-corrected chi connectivity index (χ2v) is 8.96.